The molecule has 0 saturated heterocycles. The largest absolute Gasteiger partial charge is 0.439 e. The van der Waals surface area contributed by atoms with Crippen molar-refractivity contribution in [3.05, 3.63) is 181 Å². The Bertz CT molecular complexity index is 3470. The van der Waals surface area contributed by atoms with E-state index in [9.17, 15) is 0 Å². The van der Waals surface area contributed by atoms with Crippen molar-refractivity contribution in [3.63, 3.8) is 0 Å². The molecule has 0 aliphatic rings. The summed E-state index contributed by atoms with van der Waals surface area (Å²) in [4.78, 5) is 19.4. The number of hydrogen-bond acceptors (Lipinski definition) is 5. The summed E-state index contributed by atoms with van der Waals surface area (Å²) in [6.07, 6.45) is 1.85. The number of hydrogen-bond donors (Lipinski definition) is 0. The first kappa shape index (κ1) is 41.8. The van der Waals surface area contributed by atoms with Crippen LogP contribution in [0.15, 0.2) is 168 Å². The van der Waals surface area contributed by atoms with Crippen molar-refractivity contribution in [1.82, 2.24) is 19.9 Å². The average Bonchev–Trinajstić information content (AvgIpc) is 3.79. The van der Waals surface area contributed by atoms with E-state index >= 15 is 0 Å². The molecule has 0 N–H and O–H groups in total. The van der Waals surface area contributed by atoms with Crippen LogP contribution in [-0.4, -0.2) is 19.9 Å². The summed E-state index contributed by atoms with van der Waals surface area (Å²) in [5, 5.41) is 15.9. The highest BCUT2D eigenvalue weighted by molar-refractivity contribution is 6.25. The molecule has 0 amide bonds. The minimum Gasteiger partial charge on any atom is -0.439 e. The predicted molar refractivity (Wildman–Crippen MR) is 276 cm³/mol. The molecule has 5 heteroatoms. The summed E-state index contributed by atoms with van der Waals surface area (Å²) >= 11 is 0. The van der Waals surface area contributed by atoms with Gasteiger partial charge in [-0.3, -0.25) is 9.97 Å². The highest BCUT2D eigenvalue weighted by atomic mass is 16.3. The molecule has 0 fully saturated rings. The van der Waals surface area contributed by atoms with Crippen molar-refractivity contribution in [2.45, 2.75) is 78.6 Å². The van der Waals surface area contributed by atoms with Crippen LogP contribution in [0.4, 0.5) is 0 Å². The zero-order chi connectivity index (χ0) is 45.3. The lowest BCUT2D eigenvalue weighted by molar-refractivity contribution is 0.412. The minimum absolute atomic E-state index is 0.0287. The molecule has 0 radical (unpaired) electrons. The molecule has 5 nitrogen and oxygen atoms in total. The zero-order valence-corrected chi connectivity index (χ0v) is 38.8. The minimum atomic E-state index is -0.0960. The fraction of sp³-hybridized carbons (Fsp3) is 0.200. The third-order valence-electron chi connectivity index (χ3n) is 12.5. The van der Waals surface area contributed by atoms with Crippen LogP contribution in [0.3, 0.4) is 0 Å². The third kappa shape index (κ3) is 7.49. The topological polar surface area (TPSA) is 64.7 Å². The maximum absolute atomic E-state index is 6.14. The number of pyridine rings is 3. The maximum atomic E-state index is 6.14. The molecule has 0 spiro atoms. The van der Waals surface area contributed by atoms with Gasteiger partial charge in [-0.1, -0.05) is 202 Å². The van der Waals surface area contributed by atoms with E-state index in [-0.39, 0.29) is 16.2 Å². The Hall–Kier alpha value is -7.24. The molecule has 8 aromatic carbocycles. The smallest absolute Gasteiger partial charge is 0.200 e. The van der Waals surface area contributed by atoms with Gasteiger partial charge in [0.15, 0.2) is 5.58 Å². The molecule has 65 heavy (non-hydrogen) atoms. The molecular weight excluding hydrogens is 793 g/mol. The first-order valence-corrected chi connectivity index (χ1v) is 22.6. The summed E-state index contributed by atoms with van der Waals surface area (Å²) in [6.45, 7) is 19.6. The van der Waals surface area contributed by atoms with Crippen molar-refractivity contribution in [2.24, 2.45) is 0 Å². The third-order valence-corrected chi connectivity index (χ3v) is 12.5. The molecule has 0 saturated carbocycles. The summed E-state index contributed by atoms with van der Waals surface area (Å²) in [5.74, 6) is 0.791. The normalized spacial score (nSPS) is 12.4. The van der Waals surface area contributed by atoms with E-state index in [1.807, 2.05) is 12.3 Å². The Morgan fingerprint density at radius 3 is 1.09 bits per heavy atom. The van der Waals surface area contributed by atoms with Crippen LogP contribution in [0.2, 0.25) is 0 Å². The van der Waals surface area contributed by atoms with Crippen molar-refractivity contribution in [3.8, 4) is 0 Å². The van der Waals surface area contributed by atoms with Gasteiger partial charge in [-0.2, -0.15) is 0 Å². The lowest BCUT2D eigenvalue weighted by Crippen LogP contribution is -2.13. The quantitative estimate of drug-likeness (QED) is 0.142. The number of rotatable bonds is 0. The van der Waals surface area contributed by atoms with Crippen molar-refractivity contribution >= 4 is 97.7 Å². The highest BCUT2D eigenvalue weighted by Crippen LogP contribution is 2.39. The molecular formula is C60H54N4O. The van der Waals surface area contributed by atoms with E-state index in [4.69, 9.17) is 19.4 Å². The summed E-state index contributed by atoms with van der Waals surface area (Å²) < 4.78 is 6.14. The number of benzene rings is 8. The van der Waals surface area contributed by atoms with Gasteiger partial charge in [0, 0.05) is 66.1 Å². The molecule has 12 aromatic rings. The molecule has 4 heterocycles. The van der Waals surface area contributed by atoms with Gasteiger partial charge in [0.25, 0.3) is 0 Å². The molecule has 0 aliphatic carbocycles. The summed E-state index contributed by atoms with van der Waals surface area (Å²) in [5.41, 5.74) is 7.19. The zero-order valence-electron chi connectivity index (χ0n) is 38.8. The van der Waals surface area contributed by atoms with E-state index in [2.05, 4.69) is 219 Å². The Labute approximate surface area is 380 Å². The Balaban J connectivity index is 0.000000115. The molecule has 12 rings (SSSR count). The van der Waals surface area contributed by atoms with Gasteiger partial charge in [0.2, 0.25) is 5.89 Å². The Morgan fingerprint density at radius 2 is 0.631 bits per heavy atom. The second kappa shape index (κ2) is 15.8. The second-order valence-corrected chi connectivity index (χ2v) is 20.3. The molecule has 0 unspecified atom stereocenters. The van der Waals surface area contributed by atoms with Crippen LogP contribution in [0.1, 0.15) is 79.6 Å². The first-order chi connectivity index (χ1) is 31.2. The molecule has 0 aliphatic heterocycles. The van der Waals surface area contributed by atoms with Gasteiger partial charge in [-0.05, 0) is 55.9 Å². The first-order valence-electron chi connectivity index (χ1n) is 22.6. The lowest BCUT2D eigenvalue weighted by Gasteiger charge is -2.19. The second-order valence-electron chi connectivity index (χ2n) is 20.3. The number of oxazole rings is 1. The number of aromatic nitrogens is 4. The van der Waals surface area contributed by atoms with Crippen molar-refractivity contribution < 1.29 is 4.42 Å². The van der Waals surface area contributed by atoms with Crippen LogP contribution in [0, 0.1) is 0 Å². The molecule has 0 bridgehead atoms. The Morgan fingerprint density at radius 1 is 0.292 bits per heavy atom. The van der Waals surface area contributed by atoms with E-state index < -0.39 is 0 Å². The van der Waals surface area contributed by atoms with Gasteiger partial charge < -0.3 is 4.42 Å². The van der Waals surface area contributed by atoms with Crippen LogP contribution in [0.25, 0.3) is 97.7 Å². The van der Waals surface area contributed by atoms with Crippen LogP contribution >= 0.6 is 0 Å². The van der Waals surface area contributed by atoms with Crippen molar-refractivity contribution in [2.75, 3.05) is 0 Å². The summed E-state index contributed by atoms with van der Waals surface area (Å²) in [7, 11) is 0. The van der Waals surface area contributed by atoms with Gasteiger partial charge in [-0.15, -0.1) is 0 Å². The van der Waals surface area contributed by atoms with E-state index in [1.54, 1.807) is 0 Å². The monoisotopic (exact) mass is 846 g/mol. The highest BCUT2D eigenvalue weighted by Gasteiger charge is 2.24. The van der Waals surface area contributed by atoms with Gasteiger partial charge >= 0.3 is 0 Å². The average molecular weight is 847 g/mol. The fourth-order valence-corrected chi connectivity index (χ4v) is 9.06. The molecule has 0 atom stereocenters. The maximum Gasteiger partial charge on any atom is 0.200 e. The van der Waals surface area contributed by atoms with Crippen LogP contribution in [0.5, 0.6) is 0 Å². The molecule has 320 valence electrons. The lowest BCUT2D eigenvalue weighted by atomic mass is 9.90. The van der Waals surface area contributed by atoms with Gasteiger partial charge in [0.05, 0.1) is 16.6 Å². The van der Waals surface area contributed by atoms with Gasteiger partial charge in [0.1, 0.15) is 5.52 Å². The fourth-order valence-electron chi connectivity index (χ4n) is 9.06. The van der Waals surface area contributed by atoms with E-state index in [0.29, 0.717) is 0 Å². The number of fused-ring (bicyclic) bond motifs is 18. The van der Waals surface area contributed by atoms with E-state index in [1.165, 1.54) is 59.2 Å². The molecule has 4 aromatic heterocycles. The standard InChI is InChI=1S/C21H19N.C20H18N2.C19H17NO/c1-21(2,3)19-13-12-18-16-10-5-4-8-14(16)15-9-6-7-11-17(15)20(18)22-19;1-20(2,3)17-11-10-16-14-8-5-4-7-13(14)15-9-6-12-21-18(15)19(16)22-17;1-19(2,3)18-20-16-14-10-6-4-8-12(14)13-9-5-7-11-15(13)17(16)21-18/h4-13H,1-3H3;4-12H,1-3H3;4-11H,1-3H3. The van der Waals surface area contributed by atoms with Crippen LogP contribution in [-0.2, 0) is 16.2 Å². The summed E-state index contributed by atoms with van der Waals surface area (Å²) in [6, 6.07) is 55.4. The van der Waals surface area contributed by atoms with Crippen molar-refractivity contribution in [1.29, 1.82) is 0 Å². The van der Waals surface area contributed by atoms with Gasteiger partial charge in [-0.25, -0.2) is 9.97 Å². The number of nitrogens with zero attached hydrogens (tertiary/aromatic N) is 4. The Kier molecular flexibility index (Phi) is 10.1. The predicted octanol–water partition coefficient (Wildman–Crippen LogP) is 16.5. The van der Waals surface area contributed by atoms with E-state index in [0.717, 1.165) is 55.7 Å². The SMILES string of the molecule is CC(C)(C)c1ccc2c3ccccc3c3ccccc3c2n1.CC(C)(C)c1ccc2c3ccccc3c3cccnc3c2n1.CC(C)(C)c1nc2c3ccccc3c3ccccc3c2o1. The van der Waals surface area contributed by atoms with Crippen LogP contribution < -0.4 is 0 Å².